The van der Waals surface area contributed by atoms with Crippen molar-refractivity contribution in [2.75, 3.05) is 26.2 Å². The monoisotopic (exact) mass is 373 g/mol. The minimum absolute atomic E-state index is 0.0689. The molecule has 1 saturated heterocycles. The Kier molecular flexibility index (Phi) is 5.39. The summed E-state index contributed by atoms with van der Waals surface area (Å²) in [5.41, 5.74) is 4.32. The lowest BCUT2D eigenvalue weighted by molar-refractivity contribution is 0.0627. The van der Waals surface area contributed by atoms with Crippen LogP contribution < -0.4 is 0 Å². The van der Waals surface area contributed by atoms with E-state index in [1.165, 1.54) is 0 Å². The molecule has 1 aliphatic rings. The van der Waals surface area contributed by atoms with Gasteiger partial charge in [0.25, 0.3) is 5.91 Å². The fourth-order valence-corrected chi connectivity index (χ4v) is 3.38. The molecule has 1 aliphatic heterocycles. The van der Waals surface area contributed by atoms with Crippen LogP contribution in [0.3, 0.4) is 0 Å². The Hall–Kier alpha value is -3.12. The number of piperazine rings is 1. The number of hydrogen-bond acceptors (Lipinski definition) is 5. The van der Waals surface area contributed by atoms with Crippen LogP contribution >= 0.6 is 0 Å². The van der Waals surface area contributed by atoms with E-state index in [1.54, 1.807) is 0 Å². The average Bonchev–Trinajstić information content (AvgIpc) is 2.75. The van der Waals surface area contributed by atoms with Gasteiger partial charge < -0.3 is 4.90 Å². The molecule has 0 bridgehead atoms. The summed E-state index contributed by atoms with van der Waals surface area (Å²) >= 11 is 0. The molecule has 0 radical (unpaired) electrons. The summed E-state index contributed by atoms with van der Waals surface area (Å²) in [7, 11) is 0. The lowest BCUT2D eigenvalue weighted by Crippen LogP contribution is -2.48. The SMILES string of the molecule is Cc1ccc(-c2cccc(C(=O)N3CCN(Cc4ccccn4)CC3)c2)nn1. The summed E-state index contributed by atoms with van der Waals surface area (Å²) in [6, 6.07) is 17.5. The summed E-state index contributed by atoms with van der Waals surface area (Å²) in [6.45, 7) is 5.88. The van der Waals surface area contributed by atoms with E-state index in [0.717, 1.165) is 55.4 Å². The first-order valence-electron chi connectivity index (χ1n) is 9.51. The minimum atomic E-state index is 0.0689. The van der Waals surface area contributed by atoms with Crippen LogP contribution in [0.15, 0.2) is 60.8 Å². The maximum Gasteiger partial charge on any atom is 0.253 e. The highest BCUT2D eigenvalue weighted by molar-refractivity contribution is 5.95. The molecule has 3 heterocycles. The van der Waals surface area contributed by atoms with Crippen LogP contribution in [0.4, 0.5) is 0 Å². The number of aromatic nitrogens is 3. The van der Waals surface area contributed by atoms with Gasteiger partial charge in [0.1, 0.15) is 0 Å². The predicted molar refractivity (Wildman–Crippen MR) is 108 cm³/mol. The van der Waals surface area contributed by atoms with Crippen molar-refractivity contribution in [1.82, 2.24) is 25.0 Å². The van der Waals surface area contributed by atoms with Crippen molar-refractivity contribution < 1.29 is 4.79 Å². The van der Waals surface area contributed by atoms with Crippen molar-refractivity contribution in [1.29, 1.82) is 0 Å². The Morgan fingerprint density at radius 2 is 1.82 bits per heavy atom. The molecule has 0 saturated carbocycles. The van der Waals surface area contributed by atoms with Crippen molar-refractivity contribution in [3.63, 3.8) is 0 Å². The largest absolute Gasteiger partial charge is 0.336 e. The predicted octanol–water partition coefficient (Wildman–Crippen LogP) is 2.81. The number of hydrogen-bond donors (Lipinski definition) is 0. The summed E-state index contributed by atoms with van der Waals surface area (Å²) in [5, 5.41) is 8.33. The number of amides is 1. The van der Waals surface area contributed by atoms with E-state index < -0.39 is 0 Å². The molecule has 0 spiro atoms. The number of benzene rings is 1. The molecule has 1 aromatic carbocycles. The van der Waals surface area contributed by atoms with E-state index in [9.17, 15) is 4.79 Å². The van der Waals surface area contributed by atoms with E-state index >= 15 is 0 Å². The zero-order valence-corrected chi connectivity index (χ0v) is 16.0. The molecule has 6 nitrogen and oxygen atoms in total. The lowest BCUT2D eigenvalue weighted by Gasteiger charge is -2.34. The maximum atomic E-state index is 13.0. The van der Waals surface area contributed by atoms with Crippen LogP contribution in [0, 0.1) is 6.92 Å². The van der Waals surface area contributed by atoms with Gasteiger partial charge in [-0.15, -0.1) is 0 Å². The summed E-state index contributed by atoms with van der Waals surface area (Å²) in [4.78, 5) is 21.6. The van der Waals surface area contributed by atoms with Gasteiger partial charge >= 0.3 is 0 Å². The first-order chi connectivity index (χ1) is 13.7. The van der Waals surface area contributed by atoms with Crippen molar-refractivity contribution in [2.45, 2.75) is 13.5 Å². The second-order valence-electron chi connectivity index (χ2n) is 7.03. The highest BCUT2D eigenvalue weighted by Crippen LogP contribution is 2.19. The van der Waals surface area contributed by atoms with Gasteiger partial charge in [-0.1, -0.05) is 18.2 Å². The molecule has 28 heavy (non-hydrogen) atoms. The Morgan fingerprint density at radius 3 is 2.54 bits per heavy atom. The molecule has 0 atom stereocenters. The van der Waals surface area contributed by atoms with Crippen LogP contribution in [-0.4, -0.2) is 57.1 Å². The molecular weight excluding hydrogens is 350 g/mol. The Morgan fingerprint density at radius 1 is 0.964 bits per heavy atom. The molecule has 6 heteroatoms. The first-order valence-corrected chi connectivity index (χ1v) is 9.51. The van der Waals surface area contributed by atoms with Crippen molar-refractivity contribution in [3.05, 3.63) is 77.7 Å². The van der Waals surface area contributed by atoms with Gasteiger partial charge in [-0.2, -0.15) is 10.2 Å². The van der Waals surface area contributed by atoms with Gasteiger partial charge in [-0.05, 0) is 43.3 Å². The molecule has 0 unspecified atom stereocenters. The van der Waals surface area contributed by atoms with E-state index in [0.29, 0.717) is 5.56 Å². The fraction of sp³-hybridized carbons (Fsp3) is 0.273. The normalized spacial score (nSPS) is 14.8. The Bertz CT molecular complexity index is 935. The Balaban J connectivity index is 1.40. The van der Waals surface area contributed by atoms with E-state index in [-0.39, 0.29) is 5.91 Å². The first kappa shape index (κ1) is 18.3. The third-order valence-corrected chi connectivity index (χ3v) is 4.97. The quantitative estimate of drug-likeness (QED) is 0.704. The van der Waals surface area contributed by atoms with Crippen LogP contribution in [0.1, 0.15) is 21.7 Å². The van der Waals surface area contributed by atoms with E-state index in [4.69, 9.17) is 0 Å². The molecule has 0 N–H and O–H groups in total. The maximum absolute atomic E-state index is 13.0. The zero-order chi connectivity index (χ0) is 19.3. The van der Waals surface area contributed by atoms with Crippen molar-refractivity contribution in [3.8, 4) is 11.3 Å². The standard InChI is InChI=1S/C22H23N5O/c1-17-8-9-21(25-24-17)18-5-4-6-19(15-18)22(28)27-13-11-26(12-14-27)16-20-7-2-3-10-23-20/h2-10,15H,11-14,16H2,1H3. The second-order valence-corrected chi connectivity index (χ2v) is 7.03. The number of nitrogens with zero attached hydrogens (tertiary/aromatic N) is 5. The topological polar surface area (TPSA) is 62.2 Å². The third-order valence-electron chi connectivity index (χ3n) is 4.97. The van der Waals surface area contributed by atoms with Crippen LogP contribution in [0.2, 0.25) is 0 Å². The van der Waals surface area contributed by atoms with Gasteiger partial charge in [-0.25, -0.2) is 0 Å². The molecular formula is C22H23N5O. The summed E-state index contributed by atoms with van der Waals surface area (Å²) in [6.07, 6.45) is 1.82. The Labute approximate surface area is 164 Å². The van der Waals surface area contributed by atoms with Crippen LogP contribution in [0.5, 0.6) is 0 Å². The number of rotatable bonds is 4. The number of carbonyl (C=O) groups is 1. The highest BCUT2D eigenvalue weighted by atomic mass is 16.2. The van der Waals surface area contributed by atoms with Gasteiger partial charge in [0.05, 0.1) is 17.1 Å². The van der Waals surface area contributed by atoms with Crippen LogP contribution in [0.25, 0.3) is 11.3 Å². The average molecular weight is 373 g/mol. The van der Waals surface area contributed by atoms with Crippen molar-refractivity contribution >= 4 is 5.91 Å². The minimum Gasteiger partial charge on any atom is -0.336 e. The lowest BCUT2D eigenvalue weighted by atomic mass is 10.1. The number of carbonyl (C=O) groups excluding carboxylic acids is 1. The van der Waals surface area contributed by atoms with Crippen molar-refractivity contribution in [2.24, 2.45) is 0 Å². The van der Waals surface area contributed by atoms with E-state index in [1.807, 2.05) is 72.6 Å². The van der Waals surface area contributed by atoms with Gasteiger partial charge in [0.15, 0.2) is 0 Å². The van der Waals surface area contributed by atoms with Crippen LogP contribution in [-0.2, 0) is 6.54 Å². The van der Waals surface area contributed by atoms with Gasteiger partial charge in [0, 0.05) is 50.0 Å². The zero-order valence-electron chi connectivity index (χ0n) is 16.0. The van der Waals surface area contributed by atoms with Gasteiger partial charge in [0.2, 0.25) is 0 Å². The molecule has 142 valence electrons. The molecule has 2 aromatic heterocycles. The number of aryl methyl sites for hydroxylation is 1. The highest BCUT2D eigenvalue weighted by Gasteiger charge is 2.22. The third kappa shape index (κ3) is 4.23. The molecule has 0 aliphatic carbocycles. The van der Waals surface area contributed by atoms with E-state index in [2.05, 4.69) is 20.1 Å². The van der Waals surface area contributed by atoms with Gasteiger partial charge in [-0.3, -0.25) is 14.7 Å². The fourth-order valence-electron chi connectivity index (χ4n) is 3.38. The number of pyridine rings is 1. The molecule has 1 fully saturated rings. The second kappa shape index (κ2) is 8.27. The molecule has 3 aromatic rings. The smallest absolute Gasteiger partial charge is 0.253 e. The summed E-state index contributed by atoms with van der Waals surface area (Å²) in [5.74, 6) is 0.0689. The summed E-state index contributed by atoms with van der Waals surface area (Å²) < 4.78 is 0. The molecule has 1 amide bonds. The molecule has 4 rings (SSSR count).